The molecule has 1 saturated heterocycles. The fraction of sp³-hybridized carbons (Fsp3) is 0.400. The van der Waals surface area contributed by atoms with Gasteiger partial charge in [0.05, 0.1) is 11.4 Å². The molecule has 2 aromatic rings. The van der Waals surface area contributed by atoms with E-state index >= 15 is 0 Å². The summed E-state index contributed by atoms with van der Waals surface area (Å²) < 4.78 is 5.87. The molecule has 0 amide bonds. The van der Waals surface area contributed by atoms with Crippen molar-refractivity contribution in [3.05, 3.63) is 53.1 Å². The molecule has 0 bridgehead atoms. The lowest BCUT2D eigenvalue weighted by Gasteiger charge is -2.21. The number of fused-ring (bicyclic) bond motifs is 4. The van der Waals surface area contributed by atoms with Gasteiger partial charge in [-0.2, -0.15) is 0 Å². The predicted octanol–water partition coefficient (Wildman–Crippen LogP) is 5.50. The van der Waals surface area contributed by atoms with Crippen LogP contribution in [0, 0.1) is 0 Å². The van der Waals surface area contributed by atoms with E-state index in [9.17, 15) is 0 Å². The van der Waals surface area contributed by atoms with Gasteiger partial charge in [-0.25, -0.2) is 0 Å². The zero-order valence-corrected chi connectivity index (χ0v) is 14.2. The lowest BCUT2D eigenvalue weighted by atomic mass is 9.97. The zero-order chi connectivity index (χ0) is 16.1. The van der Waals surface area contributed by atoms with Crippen LogP contribution in [-0.2, 0) is 4.74 Å². The minimum absolute atomic E-state index is 0.0851. The average molecular weight is 308 g/mol. The highest BCUT2D eigenvalue weighted by atomic mass is 16.6. The Morgan fingerprint density at radius 2 is 1.48 bits per heavy atom. The van der Waals surface area contributed by atoms with Gasteiger partial charge in [-0.3, -0.25) is 0 Å². The molecule has 2 aliphatic heterocycles. The van der Waals surface area contributed by atoms with Gasteiger partial charge in [0.25, 0.3) is 0 Å². The standard InChI is InChI=1S/C20H24N2O/c1-11(2)13-5-7-15-17(9-13)21-16-8-6-14(12(3)4)10-18(16)22-20-19(15)23-20/h5-12,19-22H,1-4H3. The molecule has 3 heteroatoms. The fourth-order valence-corrected chi connectivity index (χ4v) is 3.20. The summed E-state index contributed by atoms with van der Waals surface area (Å²) in [4.78, 5) is 0. The van der Waals surface area contributed by atoms with Crippen molar-refractivity contribution < 1.29 is 4.74 Å². The van der Waals surface area contributed by atoms with Crippen molar-refractivity contribution in [1.82, 2.24) is 0 Å². The van der Waals surface area contributed by atoms with Crippen molar-refractivity contribution in [3.63, 3.8) is 0 Å². The van der Waals surface area contributed by atoms with Crippen molar-refractivity contribution in [2.24, 2.45) is 0 Å². The predicted molar refractivity (Wildman–Crippen MR) is 95.6 cm³/mol. The Hall–Kier alpha value is -2.00. The molecule has 0 saturated carbocycles. The molecule has 0 spiro atoms. The van der Waals surface area contributed by atoms with Crippen molar-refractivity contribution in [1.29, 1.82) is 0 Å². The fourth-order valence-electron chi connectivity index (χ4n) is 3.20. The van der Waals surface area contributed by atoms with Gasteiger partial charge in [0.15, 0.2) is 6.23 Å². The van der Waals surface area contributed by atoms with Gasteiger partial charge in [-0.1, -0.05) is 45.9 Å². The first-order valence-electron chi connectivity index (χ1n) is 8.49. The van der Waals surface area contributed by atoms with E-state index in [-0.39, 0.29) is 12.3 Å². The van der Waals surface area contributed by atoms with Gasteiger partial charge in [0, 0.05) is 11.3 Å². The first-order valence-corrected chi connectivity index (χ1v) is 8.49. The van der Waals surface area contributed by atoms with Crippen molar-refractivity contribution >= 4 is 17.1 Å². The van der Waals surface area contributed by atoms with Crippen LogP contribution in [-0.4, -0.2) is 6.23 Å². The molecule has 2 aliphatic rings. The molecule has 2 aromatic carbocycles. The second-order valence-electron chi connectivity index (χ2n) is 7.21. The Kier molecular flexibility index (Phi) is 3.34. The number of nitrogens with one attached hydrogen (secondary N) is 2. The number of hydrogen-bond donors (Lipinski definition) is 2. The highest BCUT2D eigenvalue weighted by Crippen LogP contribution is 2.47. The first-order chi connectivity index (χ1) is 11.0. The largest absolute Gasteiger partial charge is 0.356 e. The maximum absolute atomic E-state index is 5.87. The number of anilines is 3. The average Bonchev–Trinajstić information content (AvgIpc) is 3.25. The third-order valence-corrected chi connectivity index (χ3v) is 4.82. The van der Waals surface area contributed by atoms with Crippen molar-refractivity contribution in [3.8, 4) is 0 Å². The van der Waals surface area contributed by atoms with Crippen LogP contribution in [0.3, 0.4) is 0 Å². The smallest absolute Gasteiger partial charge is 0.159 e. The van der Waals surface area contributed by atoms with Gasteiger partial charge in [0.1, 0.15) is 6.10 Å². The quantitative estimate of drug-likeness (QED) is 0.719. The molecule has 4 rings (SSSR count). The zero-order valence-electron chi connectivity index (χ0n) is 14.2. The van der Waals surface area contributed by atoms with Crippen LogP contribution < -0.4 is 10.6 Å². The Morgan fingerprint density at radius 1 is 0.826 bits per heavy atom. The Labute approximate surface area is 138 Å². The molecule has 0 aliphatic carbocycles. The monoisotopic (exact) mass is 308 g/mol. The van der Waals surface area contributed by atoms with Gasteiger partial charge in [-0.15, -0.1) is 0 Å². The summed E-state index contributed by atoms with van der Waals surface area (Å²) in [6.45, 7) is 8.90. The van der Waals surface area contributed by atoms with E-state index < -0.39 is 0 Å². The van der Waals surface area contributed by atoms with E-state index in [0.717, 1.165) is 11.4 Å². The molecule has 2 unspecified atom stereocenters. The van der Waals surface area contributed by atoms with Gasteiger partial charge >= 0.3 is 0 Å². The molecule has 23 heavy (non-hydrogen) atoms. The minimum atomic E-state index is 0.0851. The maximum atomic E-state index is 5.87. The maximum Gasteiger partial charge on any atom is 0.159 e. The molecule has 1 fully saturated rings. The second kappa shape index (κ2) is 5.27. The number of hydrogen-bond acceptors (Lipinski definition) is 3. The van der Waals surface area contributed by atoms with Crippen LogP contribution in [0.15, 0.2) is 36.4 Å². The molecule has 3 nitrogen and oxygen atoms in total. The van der Waals surface area contributed by atoms with Gasteiger partial charge in [-0.05, 0) is 41.2 Å². The Balaban J connectivity index is 1.78. The molecule has 120 valence electrons. The van der Waals surface area contributed by atoms with E-state index in [1.54, 1.807) is 0 Å². The van der Waals surface area contributed by atoms with Crippen molar-refractivity contribution in [2.75, 3.05) is 10.6 Å². The summed E-state index contributed by atoms with van der Waals surface area (Å²) in [6.07, 6.45) is 0.233. The number of epoxide rings is 1. The summed E-state index contributed by atoms with van der Waals surface area (Å²) in [5, 5.41) is 7.14. The lowest BCUT2D eigenvalue weighted by Crippen LogP contribution is -2.11. The van der Waals surface area contributed by atoms with Crippen LogP contribution >= 0.6 is 0 Å². The molecule has 0 aromatic heterocycles. The number of benzene rings is 2. The van der Waals surface area contributed by atoms with Gasteiger partial charge in [0.2, 0.25) is 0 Å². The van der Waals surface area contributed by atoms with E-state index in [0.29, 0.717) is 11.8 Å². The molecular weight excluding hydrogens is 284 g/mol. The molecular formula is C20H24N2O. The van der Waals surface area contributed by atoms with E-state index in [1.165, 1.54) is 22.4 Å². The molecule has 2 N–H and O–H groups in total. The lowest BCUT2D eigenvalue weighted by molar-refractivity contribution is 0.387. The Morgan fingerprint density at radius 3 is 2.17 bits per heavy atom. The Bertz CT molecular complexity index is 751. The highest BCUT2D eigenvalue weighted by Gasteiger charge is 2.43. The van der Waals surface area contributed by atoms with E-state index in [4.69, 9.17) is 4.74 Å². The normalized spacial score (nSPS) is 21.5. The summed E-state index contributed by atoms with van der Waals surface area (Å²) in [5.74, 6) is 1.03. The molecule has 0 radical (unpaired) electrons. The second-order valence-corrected chi connectivity index (χ2v) is 7.21. The number of ether oxygens (including phenoxy) is 1. The summed E-state index contributed by atoms with van der Waals surface area (Å²) >= 11 is 0. The van der Waals surface area contributed by atoms with E-state index in [1.807, 2.05) is 0 Å². The summed E-state index contributed by atoms with van der Waals surface area (Å²) in [7, 11) is 0. The number of rotatable bonds is 2. The van der Waals surface area contributed by atoms with Crippen LogP contribution in [0.25, 0.3) is 0 Å². The minimum Gasteiger partial charge on any atom is -0.356 e. The van der Waals surface area contributed by atoms with Crippen LogP contribution in [0.5, 0.6) is 0 Å². The van der Waals surface area contributed by atoms with Gasteiger partial charge < -0.3 is 15.4 Å². The van der Waals surface area contributed by atoms with Crippen LogP contribution in [0.2, 0.25) is 0 Å². The van der Waals surface area contributed by atoms with Crippen LogP contribution in [0.1, 0.15) is 62.3 Å². The van der Waals surface area contributed by atoms with Crippen LogP contribution in [0.4, 0.5) is 17.1 Å². The third-order valence-electron chi connectivity index (χ3n) is 4.82. The topological polar surface area (TPSA) is 36.6 Å². The SMILES string of the molecule is CC(C)c1ccc2c(c1)NC1OC1c1ccc(C(C)C)cc1N2. The highest BCUT2D eigenvalue weighted by molar-refractivity contribution is 5.78. The van der Waals surface area contributed by atoms with Crippen molar-refractivity contribution in [2.45, 2.75) is 51.9 Å². The third kappa shape index (κ3) is 2.59. The van der Waals surface area contributed by atoms with E-state index in [2.05, 4.69) is 74.7 Å². The first kappa shape index (κ1) is 14.6. The summed E-state index contributed by atoms with van der Waals surface area (Å²) in [6, 6.07) is 13.3. The molecule has 2 atom stereocenters. The summed E-state index contributed by atoms with van der Waals surface area (Å²) in [5.41, 5.74) is 7.35. The molecule has 2 heterocycles.